The molecule has 1 atom stereocenters. The number of nitrogens with zero attached hydrogens (tertiary/aromatic N) is 2. The summed E-state index contributed by atoms with van der Waals surface area (Å²) in [6.45, 7) is 8.85. The molecule has 0 radical (unpaired) electrons. The SMILES string of the molecule is CCNC(Cc1nccn1CC)c1cccc(OCC)c1. The van der Waals surface area contributed by atoms with Gasteiger partial charge in [0.25, 0.3) is 0 Å². The molecule has 0 aliphatic carbocycles. The van der Waals surface area contributed by atoms with Gasteiger partial charge in [-0.3, -0.25) is 0 Å². The first-order valence-corrected chi connectivity index (χ1v) is 7.74. The zero-order valence-corrected chi connectivity index (χ0v) is 13.2. The van der Waals surface area contributed by atoms with Crippen molar-refractivity contribution >= 4 is 0 Å². The number of imidazole rings is 1. The van der Waals surface area contributed by atoms with Crippen LogP contribution in [-0.2, 0) is 13.0 Å². The van der Waals surface area contributed by atoms with Crippen molar-refractivity contribution in [3.63, 3.8) is 0 Å². The van der Waals surface area contributed by atoms with Crippen molar-refractivity contribution in [2.45, 2.75) is 39.8 Å². The van der Waals surface area contributed by atoms with Gasteiger partial charge in [-0.2, -0.15) is 0 Å². The second kappa shape index (κ2) is 7.84. The number of hydrogen-bond donors (Lipinski definition) is 1. The molecule has 4 nitrogen and oxygen atoms in total. The van der Waals surface area contributed by atoms with E-state index >= 15 is 0 Å². The number of hydrogen-bond acceptors (Lipinski definition) is 3. The molecule has 1 heterocycles. The molecule has 0 saturated carbocycles. The van der Waals surface area contributed by atoms with Gasteiger partial charge in [0.2, 0.25) is 0 Å². The number of aromatic nitrogens is 2. The van der Waals surface area contributed by atoms with Crippen LogP contribution in [0.25, 0.3) is 0 Å². The number of likely N-dealkylation sites (N-methyl/N-ethyl adjacent to an activating group) is 1. The fourth-order valence-corrected chi connectivity index (χ4v) is 2.54. The zero-order chi connectivity index (χ0) is 15.1. The average molecular weight is 287 g/mol. The molecule has 0 fully saturated rings. The van der Waals surface area contributed by atoms with E-state index in [1.807, 2.05) is 25.4 Å². The summed E-state index contributed by atoms with van der Waals surface area (Å²) in [4.78, 5) is 4.49. The first-order chi connectivity index (χ1) is 10.3. The molecule has 1 unspecified atom stereocenters. The van der Waals surface area contributed by atoms with Crippen molar-refractivity contribution in [1.29, 1.82) is 0 Å². The molecule has 0 aliphatic rings. The molecule has 1 aromatic carbocycles. The summed E-state index contributed by atoms with van der Waals surface area (Å²) in [5.74, 6) is 2.04. The van der Waals surface area contributed by atoms with Crippen LogP contribution in [0.1, 0.15) is 38.2 Å². The molecule has 0 bridgehead atoms. The van der Waals surface area contributed by atoms with Gasteiger partial charge in [0.05, 0.1) is 6.61 Å². The number of benzene rings is 1. The van der Waals surface area contributed by atoms with Gasteiger partial charge in [0.1, 0.15) is 11.6 Å². The summed E-state index contributed by atoms with van der Waals surface area (Å²) in [6, 6.07) is 8.58. The Hall–Kier alpha value is -1.81. The van der Waals surface area contributed by atoms with Crippen LogP contribution in [0.2, 0.25) is 0 Å². The molecule has 0 saturated heterocycles. The Balaban J connectivity index is 2.20. The maximum absolute atomic E-state index is 5.61. The minimum absolute atomic E-state index is 0.253. The Kier molecular flexibility index (Phi) is 5.81. The molecule has 2 rings (SSSR count). The number of aryl methyl sites for hydroxylation is 1. The number of rotatable bonds is 8. The lowest BCUT2D eigenvalue weighted by atomic mass is 10.0. The van der Waals surface area contributed by atoms with Gasteiger partial charge < -0.3 is 14.6 Å². The van der Waals surface area contributed by atoms with Crippen molar-refractivity contribution in [2.75, 3.05) is 13.2 Å². The fourth-order valence-electron chi connectivity index (χ4n) is 2.54. The molecular weight excluding hydrogens is 262 g/mol. The molecule has 0 spiro atoms. The summed E-state index contributed by atoms with van der Waals surface area (Å²) in [7, 11) is 0. The smallest absolute Gasteiger partial charge is 0.119 e. The van der Waals surface area contributed by atoms with Crippen molar-refractivity contribution in [2.24, 2.45) is 0 Å². The molecule has 0 amide bonds. The summed E-state index contributed by atoms with van der Waals surface area (Å²) >= 11 is 0. The zero-order valence-electron chi connectivity index (χ0n) is 13.2. The minimum atomic E-state index is 0.253. The fraction of sp³-hybridized carbons (Fsp3) is 0.471. The van der Waals surface area contributed by atoms with Gasteiger partial charge in [0, 0.05) is 31.4 Å². The van der Waals surface area contributed by atoms with E-state index < -0.39 is 0 Å². The Morgan fingerprint density at radius 2 is 2.14 bits per heavy atom. The van der Waals surface area contributed by atoms with E-state index in [4.69, 9.17) is 4.74 Å². The Labute approximate surface area is 127 Å². The maximum Gasteiger partial charge on any atom is 0.119 e. The number of nitrogens with one attached hydrogen (secondary N) is 1. The third-order valence-corrected chi connectivity index (χ3v) is 3.55. The van der Waals surface area contributed by atoms with Gasteiger partial charge >= 0.3 is 0 Å². The van der Waals surface area contributed by atoms with Crippen LogP contribution >= 0.6 is 0 Å². The van der Waals surface area contributed by atoms with Gasteiger partial charge in [-0.05, 0) is 38.1 Å². The third-order valence-electron chi connectivity index (χ3n) is 3.55. The summed E-state index contributed by atoms with van der Waals surface area (Å²) in [5.41, 5.74) is 1.24. The van der Waals surface area contributed by atoms with Gasteiger partial charge in [-0.1, -0.05) is 19.1 Å². The normalized spacial score (nSPS) is 12.3. The maximum atomic E-state index is 5.61. The van der Waals surface area contributed by atoms with E-state index in [2.05, 4.69) is 46.9 Å². The summed E-state index contributed by atoms with van der Waals surface area (Å²) in [6.07, 6.45) is 4.79. The van der Waals surface area contributed by atoms with Crippen LogP contribution in [0.3, 0.4) is 0 Å². The molecule has 1 aromatic heterocycles. The van der Waals surface area contributed by atoms with Crippen LogP contribution in [0, 0.1) is 0 Å². The van der Waals surface area contributed by atoms with E-state index in [-0.39, 0.29) is 6.04 Å². The van der Waals surface area contributed by atoms with Crippen molar-refractivity contribution < 1.29 is 4.74 Å². The molecule has 2 aromatic rings. The van der Waals surface area contributed by atoms with Gasteiger partial charge in [-0.25, -0.2) is 4.98 Å². The standard InChI is InChI=1S/C17H25N3O/c1-4-18-16(13-17-19-10-11-20(17)5-2)14-8-7-9-15(12-14)21-6-3/h7-12,16,18H,4-6,13H2,1-3H3. The highest BCUT2D eigenvalue weighted by atomic mass is 16.5. The minimum Gasteiger partial charge on any atom is -0.494 e. The monoisotopic (exact) mass is 287 g/mol. The first-order valence-electron chi connectivity index (χ1n) is 7.74. The molecule has 0 aliphatic heterocycles. The molecule has 1 N–H and O–H groups in total. The lowest BCUT2D eigenvalue weighted by Crippen LogP contribution is -2.24. The second-order valence-corrected chi connectivity index (χ2v) is 4.95. The second-order valence-electron chi connectivity index (χ2n) is 4.95. The van der Waals surface area contributed by atoms with Crippen LogP contribution in [-0.4, -0.2) is 22.7 Å². The van der Waals surface area contributed by atoms with Crippen LogP contribution in [0.15, 0.2) is 36.7 Å². The average Bonchev–Trinajstić information content (AvgIpc) is 2.95. The van der Waals surface area contributed by atoms with E-state index in [1.165, 1.54) is 5.56 Å². The van der Waals surface area contributed by atoms with E-state index in [0.717, 1.165) is 31.1 Å². The third kappa shape index (κ3) is 4.08. The highest BCUT2D eigenvalue weighted by Gasteiger charge is 2.14. The van der Waals surface area contributed by atoms with Gasteiger partial charge in [0.15, 0.2) is 0 Å². The van der Waals surface area contributed by atoms with E-state index in [0.29, 0.717) is 6.61 Å². The van der Waals surface area contributed by atoms with Crippen molar-refractivity contribution in [3.8, 4) is 5.75 Å². The van der Waals surface area contributed by atoms with Crippen LogP contribution in [0.5, 0.6) is 5.75 Å². The summed E-state index contributed by atoms with van der Waals surface area (Å²) in [5, 5.41) is 3.55. The highest BCUT2D eigenvalue weighted by Crippen LogP contribution is 2.22. The Morgan fingerprint density at radius 1 is 1.29 bits per heavy atom. The van der Waals surface area contributed by atoms with E-state index in [1.54, 1.807) is 0 Å². The Morgan fingerprint density at radius 3 is 2.86 bits per heavy atom. The predicted molar refractivity (Wildman–Crippen MR) is 85.6 cm³/mol. The molecule has 114 valence electrons. The highest BCUT2D eigenvalue weighted by molar-refractivity contribution is 5.31. The molecular formula is C17H25N3O. The van der Waals surface area contributed by atoms with Crippen molar-refractivity contribution in [1.82, 2.24) is 14.9 Å². The predicted octanol–water partition coefficient (Wildman–Crippen LogP) is 3.20. The van der Waals surface area contributed by atoms with Crippen LogP contribution < -0.4 is 10.1 Å². The Bertz CT molecular complexity index is 550. The quantitative estimate of drug-likeness (QED) is 0.810. The molecule has 21 heavy (non-hydrogen) atoms. The van der Waals surface area contributed by atoms with Gasteiger partial charge in [-0.15, -0.1) is 0 Å². The topological polar surface area (TPSA) is 39.1 Å². The number of ether oxygens (including phenoxy) is 1. The van der Waals surface area contributed by atoms with E-state index in [9.17, 15) is 0 Å². The lowest BCUT2D eigenvalue weighted by molar-refractivity contribution is 0.339. The summed E-state index contributed by atoms with van der Waals surface area (Å²) < 4.78 is 7.80. The van der Waals surface area contributed by atoms with Crippen molar-refractivity contribution in [3.05, 3.63) is 48.0 Å². The lowest BCUT2D eigenvalue weighted by Gasteiger charge is -2.19. The first kappa shape index (κ1) is 15.6. The molecule has 4 heteroatoms. The van der Waals surface area contributed by atoms with Crippen LogP contribution in [0.4, 0.5) is 0 Å². The largest absolute Gasteiger partial charge is 0.494 e.